The monoisotopic (exact) mass is 183 g/mol. The Morgan fingerprint density at radius 3 is 2.69 bits per heavy atom. The van der Waals surface area contributed by atoms with Crippen molar-refractivity contribution in [1.82, 2.24) is 5.32 Å². The van der Waals surface area contributed by atoms with Gasteiger partial charge in [0, 0.05) is 12.0 Å². The van der Waals surface area contributed by atoms with E-state index in [-0.39, 0.29) is 6.10 Å². The highest BCUT2D eigenvalue weighted by molar-refractivity contribution is 4.86. The number of rotatable bonds is 0. The molecule has 1 saturated heterocycles. The van der Waals surface area contributed by atoms with E-state index in [4.69, 9.17) is 0 Å². The molecule has 13 heavy (non-hydrogen) atoms. The zero-order chi connectivity index (χ0) is 9.10. The van der Waals surface area contributed by atoms with Gasteiger partial charge in [0.2, 0.25) is 0 Å². The Kier molecular flexibility index (Phi) is 3.23. The minimum Gasteiger partial charge on any atom is -0.393 e. The molecular weight excluding hydrogens is 162 g/mol. The minimum atomic E-state index is -0.0295. The molecule has 2 aliphatic rings. The average Bonchev–Trinajstić information content (AvgIpc) is 2.43. The molecule has 2 rings (SSSR count). The van der Waals surface area contributed by atoms with Crippen molar-refractivity contribution >= 4 is 0 Å². The van der Waals surface area contributed by atoms with Crippen LogP contribution in [0.3, 0.4) is 0 Å². The smallest absolute Gasteiger partial charge is 0.0583 e. The molecule has 0 aromatic heterocycles. The number of hydrogen-bond donors (Lipinski definition) is 2. The molecule has 1 aliphatic heterocycles. The molecule has 3 unspecified atom stereocenters. The molecule has 2 heteroatoms. The van der Waals surface area contributed by atoms with Gasteiger partial charge in [-0.25, -0.2) is 0 Å². The number of fused-ring (bicyclic) bond motifs is 1. The molecule has 2 nitrogen and oxygen atoms in total. The molecular formula is C11H21NO. The van der Waals surface area contributed by atoms with Crippen LogP contribution < -0.4 is 5.32 Å². The quantitative estimate of drug-likeness (QED) is 0.599. The summed E-state index contributed by atoms with van der Waals surface area (Å²) in [5.74, 6) is 0.546. The van der Waals surface area contributed by atoms with Gasteiger partial charge < -0.3 is 10.4 Å². The molecule has 1 saturated carbocycles. The first-order valence-corrected chi connectivity index (χ1v) is 5.79. The lowest BCUT2D eigenvalue weighted by molar-refractivity contribution is 0.0837. The first kappa shape index (κ1) is 9.47. The summed E-state index contributed by atoms with van der Waals surface area (Å²) in [5.41, 5.74) is 0. The summed E-state index contributed by atoms with van der Waals surface area (Å²) in [6.07, 6.45) is 8.67. The fourth-order valence-electron chi connectivity index (χ4n) is 2.86. The highest BCUT2D eigenvalue weighted by Crippen LogP contribution is 2.29. The second-order valence-corrected chi connectivity index (χ2v) is 4.57. The van der Waals surface area contributed by atoms with Gasteiger partial charge in [-0.1, -0.05) is 19.3 Å². The Labute approximate surface area is 80.7 Å². The van der Waals surface area contributed by atoms with E-state index in [9.17, 15) is 5.11 Å². The first-order chi connectivity index (χ1) is 6.38. The van der Waals surface area contributed by atoms with Crippen LogP contribution in [0.1, 0.15) is 44.9 Å². The summed E-state index contributed by atoms with van der Waals surface area (Å²) in [6.45, 7) is 1.11. The van der Waals surface area contributed by atoms with E-state index in [1.807, 2.05) is 0 Å². The molecule has 1 aliphatic carbocycles. The SMILES string of the molecule is OC1CCCNC2CCCCCC12. The molecule has 3 atom stereocenters. The van der Waals surface area contributed by atoms with Crippen LogP contribution in [0.15, 0.2) is 0 Å². The second kappa shape index (κ2) is 4.43. The van der Waals surface area contributed by atoms with Crippen molar-refractivity contribution in [2.24, 2.45) is 5.92 Å². The van der Waals surface area contributed by atoms with Crippen LogP contribution in [0.5, 0.6) is 0 Å². The standard InChI is InChI=1S/C11H21NO/c13-11-7-4-8-12-10-6-3-1-2-5-9(10)11/h9-13H,1-8H2. The van der Waals surface area contributed by atoms with Gasteiger partial charge in [-0.2, -0.15) is 0 Å². The topological polar surface area (TPSA) is 32.3 Å². The van der Waals surface area contributed by atoms with E-state index in [0.29, 0.717) is 12.0 Å². The summed E-state index contributed by atoms with van der Waals surface area (Å²) in [6, 6.07) is 0.611. The van der Waals surface area contributed by atoms with Crippen LogP contribution in [0.2, 0.25) is 0 Å². The molecule has 0 bridgehead atoms. The second-order valence-electron chi connectivity index (χ2n) is 4.57. The predicted molar refractivity (Wildman–Crippen MR) is 53.6 cm³/mol. The average molecular weight is 183 g/mol. The maximum atomic E-state index is 9.97. The van der Waals surface area contributed by atoms with Gasteiger partial charge >= 0.3 is 0 Å². The summed E-state index contributed by atoms with van der Waals surface area (Å²) in [5, 5.41) is 13.6. The van der Waals surface area contributed by atoms with Gasteiger partial charge in [0.15, 0.2) is 0 Å². The highest BCUT2D eigenvalue weighted by Gasteiger charge is 2.30. The van der Waals surface area contributed by atoms with Crippen LogP contribution in [-0.4, -0.2) is 23.8 Å². The Balaban J connectivity index is 2.03. The first-order valence-electron chi connectivity index (χ1n) is 5.79. The van der Waals surface area contributed by atoms with Crippen molar-refractivity contribution in [2.75, 3.05) is 6.54 Å². The third-order valence-electron chi connectivity index (χ3n) is 3.65. The van der Waals surface area contributed by atoms with Gasteiger partial charge in [-0.3, -0.25) is 0 Å². The van der Waals surface area contributed by atoms with Gasteiger partial charge in [0.25, 0.3) is 0 Å². The van der Waals surface area contributed by atoms with Gasteiger partial charge in [-0.05, 0) is 32.2 Å². The van der Waals surface area contributed by atoms with E-state index in [1.54, 1.807) is 0 Å². The van der Waals surface area contributed by atoms with E-state index < -0.39 is 0 Å². The van der Waals surface area contributed by atoms with Crippen molar-refractivity contribution in [1.29, 1.82) is 0 Å². The van der Waals surface area contributed by atoms with E-state index in [1.165, 1.54) is 32.1 Å². The Morgan fingerprint density at radius 2 is 1.77 bits per heavy atom. The Bertz CT molecular complexity index is 158. The zero-order valence-corrected chi connectivity index (χ0v) is 8.34. The van der Waals surface area contributed by atoms with Crippen molar-refractivity contribution < 1.29 is 5.11 Å². The van der Waals surface area contributed by atoms with Crippen LogP contribution in [-0.2, 0) is 0 Å². The van der Waals surface area contributed by atoms with Crippen molar-refractivity contribution in [2.45, 2.75) is 57.1 Å². The molecule has 1 heterocycles. The lowest BCUT2D eigenvalue weighted by atomic mass is 9.89. The van der Waals surface area contributed by atoms with Crippen molar-refractivity contribution in [3.63, 3.8) is 0 Å². The van der Waals surface area contributed by atoms with E-state index >= 15 is 0 Å². The summed E-state index contributed by atoms with van der Waals surface area (Å²) < 4.78 is 0. The van der Waals surface area contributed by atoms with Gasteiger partial charge in [0.1, 0.15) is 0 Å². The molecule has 2 N–H and O–H groups in total. The maximum absolute atomic E-state index is 9.97. The summed E-state index contributed by atoms with van der Waals surface area (Å²) >= 11 is 0. The number of aliphatic hydroxyl groups is 1. The Morgan fingerprint density at radius 1 is 0.923 bits per heavy atom. The minimum absolute atomic E-state index is 0.0295. The fourth-order valence-corrected chi connectivity index (χ4v) is 2.86. The molecule has 0 spiro atoms. The number of hydrogen-bond acceptors (Lipinski definition) is 2. The lowest BCUT2D eigenvalue weighted by Crippen LogP contribution is -2.38. The number of nitrogens with one attached hydrogen (secondary N) is 1. The van der Waals surface area contributed by atoms with E-state index in [2.05, 4.69) is 5.32 Å². The summed E-state index contributed by atoms with van der Waals surface area (Å²) in [4.78, 5) is 0. The molecule has 0 aromatic carbocycles. The third kappa shape index (κ3) is 2.23. The molecule has 76 valence electrons. The maximum Gasteiger partial charge on any atom is 0.0583 e. The normalized spacial score (nSPS) is 41.8. The summed E-state index contributed by atoms with van der Waals surface area (Å²) in [7, 11) is 0. The largest absolute Gasteiger partial charge is 0.393 e. The molecule has 2 fully saturated rings. The predicted octanol–water partition coefficient (Wildman–Crippen LogP) is 1.68. The fraction of sp³-hybridized carbons (Fsp3) is 1.00. The molecule has 0 aromatic rings. The highest BCUT2D eigenvalue weighted by atomic mass is 16.3. The number of aliphatic hydroxyl groups excluding tert-OH is 1. The molecule has 0 amide bonds. The van der Waals surface area contributed by atoms with Crippen LogP contribution >= 0.6 is 0 Å². The van der Waals surface area contributed by atoms with Crippen LogP contribution in [0.4, 0.5) is 0 Å². The van der Waals surface area contributed by atoms with Crippen LogP contribution in [0, 0.1) is 5.92 Å². The lowest BCUT2D eigenvalue weighted by Gasteiger charge is -2.26. The van der Waals surface area contributed by atoms with Crippen molar-refractivity contribution in [3.8, 4) is 0 Å². The zero-order valence-electron chi connectivity index (χ0n) is 8.34. The van der Waals surface area contributed by atoms with E-state index in [0.717, 1.165) is 19.4 Å². The van der Waals surface area contributed by atoms with Gasteiger partial charge in [0.05, 0.1) is 6.10 Å². The van der Waals surface area contributed by atoms with Gasteiger partial charge in [-0.15, -0.1) is 0 Å². The van der Waals surface area contributed by atoms with Crippen molar-refractivity contribution in [3.05, 3.63) is 0 Å². The molecule has 0 radical (unpaired) electrons. The van der Waals surface area contributed by atoms with Crippen LogP contribution in [0.25, 0.3) is 0 Å². The Hall–Kier alpha value is -0.0800. The third-order valence-corrected chi connectivity index (χ3v) is 3.65.